The highest BCUT2D eigenvalue weighted by molar-refractivity contribution is 9.10. The van der Waals surface area contributed by atoms with Crippen molar-refractivity contribution in [1.82, 2.24) is 4.90 Å². The summed E-state index contributed by atoms with van der Waals surface area (Å²) in [7, 11) is 0. The minimum Gasteiger partial charge on any atom is -0.508 e. The van der Waals surface area contributed by atoms with E-state index in [9.17, 15) is 19.8 Å². The molecule has 1 saturated heterocycles. The highest BCUT2D eigenvalue weighted by Gasteiger charge is 2.46. The second-order valence-electron chi connectivity index (χ2n) is 9.38. The third kappa shape index (κ3) is 5.41. The van der Waals surface area contributed by atoms with Gasteiger partial charge in [-0.05, 0) is 68.3 Å². The second-order valence-corrected chi connectivity index (χ2v) is 10.3. The van der Waals surface area contributed by atoms with Crippen molar-refractivity contribution in [3.8, 4) is 11.5 Å². The molecule has 35 heavy (non-hydrogen) atoms. The molecule has 0 aromatic heterocycles. The predicted octanol–water partition coefficient (Wildman–Crippen LogP) is 5.95. The van der Waals surface area contributed by atoms with E-state index in [2.05, 4.69) is 15.9 Å². The third-order valence-electron chi connectivity index (χ3n) is 5.57. The Morgan fingerprint density at radius 3 is 2.11 bits per heavy atom. The molecule has 1 aliphatic rings. The van der Waals surface area contributed by atoms with Gasteiger partial charge < -0.3 is 19.8 Å². The van der Waals surface area contributed by atoms with Gasteiger partial charge in [0.25, 0.3) is 11.7 Å². The molecular weight excluding hydrogens is 510 g/mol. The van der Waals surface area contributed by atoms with Crippen molar-refractivity contribution in [1.29, 1.82) is 0 Å². The number of aliphatic hydroxyl groups excluding tert-OH is 1. The molecule has 0 spiro atoms. The van der Waals surface area contributed by atoms with Gasteiger partial charge in [-0.2, -0.15) is 0 Å². The molecule has 180 valence electrons. The summed E-state index contributed by atoms with van der Waals surface area (Å²) in [5.41, 5.74) is 1.51. The van der Waals surface area contributed by atoms with E-state index in [0.717, 1.165) is 10.0 Å². The average Bonchev–Trinajstić information content (AvgIpc) is 3.05. The Balaban J connectivity index is 1.75. The van der Waals surface area contributed by atoms with Crippen LogP contribution in [0.15, 0.2) is 82.8 Å². The first-order chi connectivity index (χ1) is 16.5. The number of ether oxygens (including phenoxy) is 1. The predicted molar refractivity (Wildman–Crippen MR) is 137 cm³/mol. The van der Waals surface area contributed by atoms with Crippen molar-refractivity contribution in [2.45, 2.75) is 39.0 Å². The van der Waals surface area contributed by atoms with E-state index in [1.54, 1.807) is 36.4 Å². The van der Waals surface area contributed by atoms with E-state index in [1.165, 1.54) is 17.0 Å². The Morgan fingerprint density at radius 2 is 1.54 bits per heavy atom. The van der Waals surface area contributed by atoms with Crippen LogP contribution in [0, 0.1) is 0 Å². The SMILES string of the molecule is CC(C)(C)Oc1ccc(CN2C(=O)C(=O)/C(=C(\O)c3ccc(Br)cc3)C2c2ccc(O)cc2)cc1. The van der Waals surface area contributed by atoms with Gasteiger partial charge in [-0.3, -0.25) is 9.59 Å². The van der Waals surface area contributed by atoms with Crippen LogP contribution in [0.25, 0.3) is 5.76 Å². The van der Waals surface area contributed by atoms with Crippen LogP contribution in [0.3, 0.4) is 0 Å². The van der Waals surface area contributed by atoms with Crippen molar-refractivity contribution < 1.29 is 24.5 Å². The molecule has 0 aliphatic carbocycles. The molecule has 1 heterocycles. The maximum absolute atomic E-state index is 13.2. The van der Waals surface area contributed by atoms with Crippen LogP contribution in [0.5, 0.6) is 11.5 Å². The topological polar surface area (TPSA) is 87.1 Å². The molecule has 0 radical (unpaired) electrons. The molecule has 1 fully saturated rings. The van der Waals surface area contributed by atoms with Crippen molar-refractivity contribution in [2.24, 2.45) is 0 Å². The van der Waals surface area contributed by atoms with E-state index in [4.69, 9.17) is 4.74 Å². The fraction of sp³-hybridized carbons (Fsp3) is 0.214. The number of halogens is 1. The molecule has 1 amide bonds. The van der Waals surface area contributed by atoms with Gasteiger partial charge >= 0.3 is 0 Å². The van der Waals surface area contributed by atoms with E-state index >= 15 is 0 Å². The fourth-order valence-corrected chi connectivity index (χ4v) is 4.29. The number of hydrogen-bond donors (Lipinski definition) is 2. The number of ketones is 1. The smallest absolute Gasteiger partial charge is 0.295 e. The van der Waals surface area contributed by atoms with Gasteiger partial charge in [-0.1, -0.05) is 52.3 Å². The van der Waals surface area contributed by atoms with Crippen LogP contribution >= 0.6 is 15.9 Å². The number of carbonyl (C=O) groups excluding carboxylic acids is 2. The number of hydrogen-bond acceptors (Lipinski definition) is 5. The van der Waals surface area contributed by atoms with E-state index in [-0.39, 0.29) is 29.2 Å². The highest BCUT2D eigenvalue weighted by Crippen LogP contribution is 2.40. The lowest BCUT2D eigenvalue weighted by Crippen LogP contribution is -2.29. The van der Waals surface area contributed by atoms with Crippen LogP contribution in [0.2, 0.25) is 0 Å². The van der Waals surface area contributed by atoms with Gasteiger partial charge in [0.05, 0.1) is 11.6 Å². The van der Waals surface area contributed by atoms with Gasteiger partial charge in [0.1, 0.15) is 22.9 Å². The zero-order valence-electron chi connectivity index (χ0n) is 19.7. The molecule has 4 rings (SSSR count). The minimum absolute atomic E-state index is 0.00991. The van der Waals surface area contributed by atoms with Crippen molar-refractivity contribution in [3.05, 3.63) is 99.5 Å². The number of likely N-dealkylation sites (tertiary alicyclic amines) is 1. The summed E-state index contributed by atoms with van der Waals surface area (Å²) in [5.74, 6) is -0.931. The van der Waals surface area contributed by atoms with Crippen LogP contribution < -0.4 is 4.74 Å². The van der Waals surface area contributed by atoms with E-state index < -0.39 is 17.7 Å². The Bertz CT molecular complexity index is 1270. The Kier molecular flexibility index (Phi) is 6.72. The quantitative estimate of drug-likeness (QED) is 0.239. The number of aliphatic hydroxyl groups is 1. The first kappa shape index (κ1) is 24.5. The summed E-state index contributed by atoms with van der Waals surface area (Å²) < 4.78 is 6.69. The molecule has 1 aliphatic heterocycles. The molecule has 3 aromatic rings. The Labute approximate surface area is 212 Å². The molecule has 2 N–H and O–H groups in total. The number of aromatic hydroxyl groups is 1. The largest absolute Gasteiger partial charge is 0.508 e. The van der Waals surface area contributed by atoms with Crippen molar-refractivity contribution in [2.75, 3.05) is 0 Å². The lowest BCUT2D eigenvalue weighted by atomic mass is 9.95. The van der Waals surface area contributed by atoms with Gasteiger partial charge in [-0.25, -0.2) is 0 Å². The summed E-state index contributed by atoms with van der Waals surface area (Å²) in [5, 5.41) is 20.9. The standard InChI is InChI=1S/C28H26BrNO5/c1-28(2,3)35-22-14-4-17(5-15-22)16-30-24(18-8-12-21(31)13-9-18)23(26(33)27(30)34)25(32)19-6-10-20(29)11-7-19/h4-15,24,31-32H,16H2,1-3H3/b25-23-. The van der Waals surface area contributed by atoms with Crippen LogP contribution in [0.4, 0.5) is 0 Å². The van der Waals surface area contributed by atoms with E-state index in [0.29, 0.717) is 16.9 Å². The van der Waals surface area contributed by atoms with Crippen LogP contribution in [0.1, 0.15) is 43.5 Å². The molecular formula is C28H26BrNO5. The molecule has 6 nitrogen and oxygen atoms in total. The summed E-state index contributed by atoms with van der Waals surface area (Å²) >= 11 is 3.36. The number of rotatable bonds is 5. The number of nitrogens with zero attached hydrogens (tertiary/aromatic N) is 1. The summed E-state index contributed by atoms with van der Waals surface area (Å²) in [6.07, 6.45) is 0. The molecule has 3 aromatic carbocycles. The lowest BCUT2D eigenvalue weighted by molar-refractivity contribution is -0.140. The number of phenolic OH excluding ortho intramolecular Hbond substituents is 1. The minimum atomic E-state index is -0.815. The monoisotopic (exact) mass is 535 g/mol. The summed E-state index contributed by atoms with van der Waals surface area (Å²) in [4.78, 5) is 27.8. The summed E-state index contributed by atoms with van der Waals surface area (Å²) in [6, 6.07) is 19.7. The molecule has 0 saturated carbocycles. The molecule has 7 heteroatoms. The van der Waals surface area contributed by atoms with Crippen molar-refractivity contribution in [3.63, 3.8) is 0 Å². The lowest BCUT2D eigenvalue weighted by Gasteiger charge is -2.26. The normalized spacial score (nSPS) is 17.6. The first-order valence-corrected chi connectivity index (χ1v) is 11.9. The van der Waals surface area contributed by atoms with Gasteiger partial charge in [0.2, 0.25) is 0 Å². The maximum atomic E-state index is 13.2. The van der Waals surface area contributed by atoms with Gasteiger partial charge in [-0.15, -0.1) is 0 Å². The number of Topliss-reactive ketones (excluding diaryl/α,β-unsaturated/α-hetero) is 1. The average molecular weight is 536 g/mol. The zero-order chi connectivity index (χ0) is 25.3. The fourth-order valence-electron chi connectivity index (χ4n) is 4.02. The second kappa shape index (κ2) is 9.58. The number of phenols is 1. The third-order valence-corrected chi connectivity index (χ3v) is 6.10. The maximum Gasteiger partial charge on any atom is 0.295 e. The van der Waals surface area contributed by atoms with Crippen LogP contribution in [-0.2, 0) is 16.1 Å². The van der Waals surface area contributed by atoms with E-state index in [1.807, 2.05) is 45.0 Å². The number of amides is 1. The van der Waals surface area contributed by atoms with Crippen molar-refractivity contribution >= 4 is 33.4 Å². The van der Waals surface area contributed by atoms with Gasteiger partial charge in [0, 0.05) is 16.6 Å². The molecule has 1 atom stereocenters. The van der Waals surface area contributed by atoms with Gasteiger partial charge in [0.15, 0.2) is 0 Å². The number of benzene rings is 3. The summed E-state index contributed by atoms with van der Waals surface area (Å²) in [6.45, 7) is 6.04. The highest BCUT2D eigenvalue weighted by atomic mass is 79.9. The van der Waals surface area contributed by atoms with Crippen LogP contribution in [-0.4, -0.2) is 32.4 Å². The Hall–Kier alpha value is -3.58. The molecule has 1 unspecified atom stereocenters. The Morgan fingerprint density at radius 1 is 0.943 bits per heavy atom. The molecule has 0 bridgehead atoms. The zero-order valence-corrected chi connectivity index (χ0v) is 21.2. The number of carbonyl (C=O) groups is 2. The first-order valence-electron chi connectivity index (χ1n) is 11.1.